The van der Waals surface area contributed by atoms with Gasteiger partial charge >= 0.3 is 0 Å². The predicted octanol–water partition coefficient (Wildman–Crippen LogP) is 5.13. The predicted molar refractivity (Wildman–Crippen MR) is 121 cm³/mol. The molecule has 1 unspecified atom stereocenters. The van der Waals surface area contributed by atoms with Crippen LogP contribution in [0.25, 0.3) is 10.8 Å². The van der Waals surface area contributed by atoms with Crippen LogP contribution in [0.2, 0.25) is 0 Å². The second-order valence-electron chi connectivity index (χ2n) is 7.46. The van der Waals surface area contributed by atoms with Crippen molar-refractivity contribution in [2.45, 2.75) is 25.9 Å². The van der Waals surface area contributed by atoms with E-state index in [-0.39, 0.29) is 18.4 Å². The van der Waals surface area contributed by atoms with Gasteiger partial charge in [-0.3, -0.25) is 0 Å². The van der Waals surface area contributed by atoms with E-state index in [2.05, 4.69) is 90.8 Å². The van der Waals surface area contributed by atoms with E-state index in [4.69, 9.17) is 4.74 Å². The number of aryl methyl sites for hydroxylation is 1. The molecular weight excluding hydrogens is 368 g/mol. The topological polar surface area (TPSA) is 24.5 Å². The van der Waals surface area contributed by atoms with Crippen LogP contribution in [0.3, 0.4) is 0 Å². The van der Waals surface area contributed by atoms with Crippen molar-refractivity contribution in [1.29, 1.82) is 0 Å². The summed E-state index contributed by atoms with van der Waals surface area (Å²) in [5.41, 5.74) is 3.95. The van der Waals surface area contributed by atoms with Gasteiger partial charge in [-0.25, -0.2) is 0 Å². The molecule has 1 aliphatic heterocycles. The number of hydrogen-bond donors (Lipinski definition) is 1. The number of morpholine rings is 1. The fraction of sp³-hybridized carbons (Fsp3) is 0.333. The van der Waals surface area contributed by atoms with Gasteiger partial charge in [-0.1, -0.05) is 54.6 Å². The highest BCUT2D eigenvalue weighted by molar-refractivity contribution is 5.86. The van der Waals surface area contributed by atoms with Crippen molar-refractivity contribution in [3.8, 4) is 0 Å². The van der Waals surface area contributed by atoms with Crippen molar-refractivity contribution >= 4 is 28.9 Å². The van der Waals surface area contributed by atoms with Crippen LogP contribution in [0.4, 0.5) is 5.69 Å². The Labute approximate surface area is 174 Å². The number of anilines is 1. The Hall–Kier alpha value is -2.07. The molecule has 148 valence electrons. The highest BCUT2D eigenvalue weighted by Gasteiger charge is 2.24. The number of benzene rings is 3. The maximum absolute atomic E-state index is 5.79. The molecule has 4 heteroatoms. The number of halogens is 1. The highest BCUT2D eigenvalue weighted by Crippen LogP contribution is 2.25. The lowest BCUT2D eigenvalue weighted by molar-refractivity contribution is 0.0930. The summed E-state index contributed by atoms with van der Waals surface area (Å²) in [7, 11) is 0. The summed E-state index contributed by atoms with van der Waals surface area (Å²) < 4.78 is 5.79. The monoisotopic (exact) mass is 396 g/mol. The van der Waals surface area contributed by atoms with Crippen LogP contribution < -0.4 is 10.2 Å². The van der Waals surface area contributed by atoms with E-state index < -0.39 is 0 Å². The molecule has 1 N–H and O–H groups in total. The molecule has 1 fully saturated rings. The molecular formula is C24H29ClN2O. The third kappa shape index (κ3) is 4.49. The van der Waals surface area contributed by atoms with Gasteiger partial charge in [0, 0.05) is 24.8 Å². The summed E-state index contributed by atoms with van der Waals surface area (Å²) in [6, 6.07) is 24.6. The molecule has 0 amide bonds. The molecule has 0 spiro atoms. The number of nitrogens with one attached hydrogen (secondary N) is 1. The fourth-order valence-corrected chi connectivity index (χ4v) is 4.02. The summed E-state index contributed by atoms with van der Waals surface area (Å²) in [6.07, 6.45) is 0. The van der Waals surface area contributed by atoms with Crippen molar-refractivity contribution in [3.63, 3.8) is 0 Å². The van der Waals surface area contributed by atoms with Gasteiger partial charge in [-0.2, -0.15) is 0 Å². The van der Waals surface area contributed by atoms with Crippen LogP contribution in [-0.4, -0.2) is 32.3 Å². The van der Waals surface area contributed by atoms with Crippen LogP contribution in [-0.2, 0) is 4.74 Å². The Morgan fingerprint density at radius 1 is 1.07 bits per heavy atom. The number of ether oxygens (including phenoxy) is 1. The SMILES string of the molecule is Cc1cccc(N2CCOCC2CN[C@H](C)c2cccc3ccccc23)c1.Cl. The minimum absolute atomic E-state index is 0. The maximum Gasteiger partial charge on any atom is 0.0683 e. The Morgan fingerprint density at radius 3 is 2.71 bits per heavy atom. The van der Waals surface area contributed by atoms with Crippen molar-refractivity contribution in [1.82, 2.24) is 5.32 Å². The molecule has 0 bridgehead atoms. The maximum atomic E-state index is 5.79. The van der Waals surface area contributed by atoms with Gasteiger partial charge in [0.1, 0.15) is 0 Å². The van der Waals surface area contributed by atoms with Gasteiger partial charge in [-0.05, 0) is 47.9 Å². The Bertz CT molecular complexity index is 909. The molecule has 28 heavy (non-hydrogen) atoms. The number of rotatable bonds is 5. The number of hydrogen-bond acceptors (Lipinski definition) is 3. The third-order valence-corrected chi connectivity index (χ3v) is 5.51. The molecule has 3 aromatic carbocycles. The Balaban J connectivity index is 0.00000225. The zero-order valence-electron chi connectivity index (χ0n) is 16.6. The van der Waals surface area contributed by atoms with Gasteiger partial charge < -0.3 is 15.0 Å². The summed E-state index contributed by atoms with van der Waals surface area (Å²) in [5, 5.41) is 6.38. The van der Waals surface area contributed by atoms with E-state index in [0.717, 1.165) is 26.3 Å². The van der Waals surface area contributed by atoms with Gasteiger partial charge in [0.05, 0.1) is 19.3 Å². The zero-order valence-corrected chi connectivity index (χ0v) is 17.4. The lowest BCUT2D eigenvalue weighted by Crippen LogP contribution is -2.50. The van der Waals surface area contributed by atoms with Crippen LogP contribution in [0.1, 0.15) is 24.1 Å². The Morgan fingerprint density at radius 2 is 1.86 bits per heavy atom. The second kappa shape index (κ2) is 9.42. The zero-order chi connectivity index (χ0) is 18.6. The molecule has 1 saturated heterocycles. The molecule has 0 radical (unpaired) electrons. The normalized spacial score (nSPS) is 17.9. The summed E-state index contributed by atoms with van der Waals surface area (Å²) in [4.78, 5) is 2.49. The molecule has 3 nitrogen and oxygen atoms in total. The first-order valence-corrected chi connectivity index (χ1v) is 9.84. The summed E-state index contributed by atoms with van der Waals surface area (Å²) >= 11 is 0. The van der Waals surface area contributed by atoms with Gasteiger partial charge in [0.15, 0.2) is 0 Å². The average molecular weight is 397 g/mol. The lowest BCUT2D eigenvalue weighted by Gasteiger charge is -2.38. The van der Waals surface area contributed by atoms with Crippen LogP contribution in [0.15, 0.2) is 66.7 Å². The average Bonchev–Trinajstić information content (AvgIpc) is 2.72. The smallest absolute Gasteiger partial charge is 0.0683 e. The summed E-state index contributed by atoms with van der Waals surface area (Å²) in [6.45, 7) is 7.81. The van der Waals surface area contributed by atoms with Crippen molar-refractivity contribution in [3.05, 3.63) is 77.9 Å². The van der Waals surface area contributed by atoms with Crippen LogP contribution in [0.5, 0.6) is 0 Å². The Kier molecular flexibility index (Phi) is 6.95. The van der Waals surface area contributed by atoms with Crippen molar-refractivity contribution in [2.75, 3.05) is 31.2 Å². The molecule has 3 aromatic rings. The first-order valence-electron chi connectivity index (χ1n) is 9.84. The van der Waals surface area contributed by atoms with Crippen molar-refractivity contribution in [2.24, 2.45) is 0 Å². The minimum atomic E-state index is 0. The fourth-order valence-electron chi connectivity index (χ4n) is 4.02. The quantitative estimate of drug-likeness (QED) is 0.647. The second-order valence-corrected chi connectivity index (χ2v) is 7.46. The van der Waals surface area contributed by atoms with E-state index in [1.165, 1.54) is 27.6 Å². The van der Waals surface area contributed by atoms with Gasteiger partial charge in [0.2, 0.25) is 0 Å². The first kappa shape index (κ1) is 20.7. The molecule has 1 heterocycles. The molecule has 0 saturated carbocycles. The van der Waals surface area contributed by atoms with E-state index in [9.17, 15) is 0 Å². The largest absolute Gasteiger partial charge is 0.377 e. The van der Waals surface area contributed by atoms with Gasteiger partial charge in [0.25, 0.3) is 0 Å². The van der Waals surface area contributed by atoms with Crippen LogP contribution >= 0.6 is 12.4 Å². The summed E-state index contributed by atoms with van der Waals surface area (Å²) in [5.74, 6) is 0. The third-order valence-electron chi connectivity index (χ3n) is 5.51. The standard InChI is InChI=1S/C24H28N2O.ClH/c1-18-7-5-10-21(15-18)26-13-14-27-17-22(26)16-25-19(2)23-12-6-9-20-8-3-4-11-24(20)23;/h3-12,15,19,22,25H,13-14,16-17H2,1-2H3;1H/t19-,22?;/m1./s1. The highest BCUT2D eigenvalue weighted by atomic mass is 35.5. The van der Waals surface area contributed by atoms with E-state index in [0.29, 0.717) is 6.04 Å². The van der Waals surface area contributed by atoms with Gasteiger partial charge in [-0.15, -0.1) is 12.4 Å². The van der Waals surface area contributed by atoms with E-state index in [1.807, 2.05) is 0 Å². The number of fused-ring (bicyclic) bond motifs is 1. The molecule has 0 aliphatic carbocycles. The lowest BCUT2D eigenvalue weighted by atomic mass is 9.99. The van der Waals surface area contributed by atoms with Crippen LogP contribution in [0, 0.1) is 6.92 Å². The molecule has 0 aromatic heterocycles. The molecule has 4 rings (SSSR count). The van der Waals surface area contributed by atoms with E-state index >= 15 is 0 Å². The molecule has 1 aliphatic rings. The molecule has 2 atom stereocenters. The van der Waals surface area contributed by atoms with E-state index in [1.54, 1.807) is 0 Å². The number of nitrogens with zero attached hydrogens (tertiary/aromatic N) is 1. The minimum Gasteiger partial charge on any atom is -0.377 e. The van der Waals surface area contributed by atoms with Crippen molar-refractivity contribution < 1.29 is 4.74 Å². The first-order chi connectivity index (χ1) is 13.2.